The van der Waals surface area contributed by atoms with Gasteiger partial charge in [-0.2, -0.15) is 5.10 Å². The summed E-state index contributed by atoms with van der Waals surface area (Å²) in [5, 5.41) is 18.8. The lowest BCUT2D eigenvalue weighted by atomic mass is 9.61. The van der Waals surface area contributed by atoms with Gasteiger partial charge < -0.3 is 10.0 Å². The van der Waals surface area contributed by atoms with Gasteiger partial charge in [-0.1, -0.05) is 19.9 Å². The van der Waals surface area contributed by atoms with Crippen LogP contribution in [-0.2, 0) is 35.3 Å². The maximum absolute atomic E-state index is 16.2. The molecule has 5 rings (SSSR count). The van der Waals surface area contributed by atoms with Crippen LogP contribution in [0.4, 0.5) is 4.39 Å². The zero-order chi connectivity index (χ0) is 26.5. The molecule has 0 bridgehead atoms. The number of nitrogens with zero attached hydrogens (tertiary/aromatic N) is 4. The Kier molecular flexibility index (Phi) is 6.44. The first-order valence-electron chi connectivity index (χ1n) is 13.0. The number of carbonyl (C=O) groups excluding carboxylic acids is 3. The van der Waals surface area contributed by atoms with Gasteiger partial charge >= 0.3 is 0 Å². The van der Waals surface area contributed by atoms with Crippen molar-refractivity contribution in [1.82, 2.24) is 24.9 Å². The van der Waals surface area contributed by atoms with E-state index >= 15 is 4.39 Å². The Bertz CT molecular complexity index is 1260. The molecule has 3 amide bonds. The standard InChI is InChI=1S/C27H34FN5O4/c1-4-26(5-2)16-32(14-17-10-12-29-31(17)3)13-11-27(26,37)20-7-6-18-19(23(20)28)15-33(25(18)36)21-8-9-22(34)30-24(21)35/h6-7,10,12,21,37H,4-5,8-9,11,13-16H2,1-3H3,(H,30,34,35). The molecular weight excluding hydrogens is 477 g/mol. The average molecular weight is 512 g/mol. The van der Waals surface area contributed by atoms with Gasteiger partial charge in [0.1, 0.15) is 17.5 Å². The van der Waals surface area contributed by atoms with Gasteiger partial charge in [0.25, 0.3) is 5.91 Å². The van der Waals surface area contributed by atoms with E-state index < -0.39 is 34.7 Å². The molecule has 0 spiro atoms. The minimum absolute atomic E-state index is 0.0614. The Morgan fingerprint density at radius 1 is 1.19 bits per heavy atom. The minimum atomic E-state index is -1.41. The number of amides is 3. The molecule has 1 aromatic heterocycles. The average Bonchev–Trinajstić information content (AvgIpc) is 3.43. The number of aromatic nitrogens is 2. The fourth-order valence-electron chi connectivity index (χ4n) is 6.55. The van der Waals surface area contributed by atoms with Crippen molar-refractivity contribution in [3.05, 3.63) is 52.6 Å². The second kappa shape index (κ2) is 9.33. The highest BCUT2D eigenvalue weighted by molar-refractivity contribution is 6.05. The van der Waals surface area contributed by atoms with Crippen LogP contribution in [0.2, 0.25) is 0 Å². The molecule has 10 heteroatoms. The molecule has 4 heterocycles. The summed E-state index contributed by atoms with van der Waals surface area (Å²) in [5.74, 6) is -1.90. The number of fused-ring (bicyclic) bond motifs is 1. The summed E-state index contributed by atoms with van der Waals surface area (Å²) in [6.07, 6.45) is 3.77. The molecule has 2 atom stereocenters. The maximum atomic E-state index is 16.2. The van der Waals surface area contributed by atoms with E-state index in [1.807, 2.05) is 31.6 Å². The van der Waals surface area contributed by atoms with Crippen LogP contribution in [0.1, 0.15) is 73.1 Å². The quantitative estimate of drug-likeness (QED) is 0.576. The molecule has 0 radical (unpaired) electrons. The van der Waals surface area contributed by atoms with E-state index in [1.54, 1.807) is 18.3 Å². The Morgan fingerprint density at radius 3 is 2.59 bits per heavy atom. The molecule has 2 aromatic rings. The number of nitrogens with one attached hydrogen (secondary N) is 1. The summed E-state index contributed by atoms with van der Waals surface area (Å²) in [7, 11) is 1.90. The van der Waals surface area contributed by atoms with Gasteiger partial charge in [0.05, 0.1) is 12.2 Å². The van der Waals surface area contributed by atoms with Crippen LogP contribution in [-0.4, -0.2) is 61.5 Å². The predicted molar refractivity (Wildman–Crippen MR) is 132 cm³/mol. The van der Waals surface area contributed by atoms with Crippen molar-refractivity contribution in [3.8, 4) is 0 Å². The number of imide groups is 1. The van der Waals surface area contributed by atoms with Gasteiger partial charge in [-0.3, -0.25) is 29.3 Å². The summed E-state index contributed by atoms with van der Waals surface area (Å²) in [6, 6.07) is 4.30. The van der Waals surface area contributed by atoms with Gasteiger partial charge in [0, 0.05) is 61.4 Å². The van der Waals surface area contributed by atoms with Gasteiger partial charge in [-0.25, -0.2) is 4.39 Å². The number of rotatable bonds is 6. The van der Waals surface area contributed by atoms with Gasteiger partial charge in [0.15, 0.2) is 0 Å². The van der Waals surface area contributed by atoms with Crippen molar-refractivity contribution in [1.29, 1.82) is 0 Å². The number of aliphatic hydroxyl groups is 1. The number of carbonyl (C=O) groups is 3. The van der Waals surface area contributed by atoms with Crippen molar-refractivity contribution in [3.63, 3.8) is 0 Å². The summed E-state index contributed by atoms with van der Waals surface area (Å²) < 4.78 is 18.1. The topological polar surface area (TPSA) is 108 Å². The highest BCUT2D eigenvalue weighted by Gasteiger charge is 2.54. The molecule has 2 N–H and O–H groups in total. The molecule has 1 aromatic carbocycles. The number of halogens is 1. The normalized spacial score (nSPS) is 25.9. The lowest BCUT2D eigenvalue weighted by Crippen LogP contribution is -2.58. The number of aryl methyl sites for hydroxylation is 1. The van der Waals surface area contributed by atoms with Crippen molar-refractivity contribution in [2.75, 3.05) is 13.1 Å². The third-order valence-electron chi connectivity index (χ3n) is 8.95. The van der Waals surface area contributed by atoms with E-state index in [0.717, 1.165) is 5.69 Å². The van der Waals surface area contributed by atoms with Crippen molar-refractivity contribution >= 4 is 17.7 Å². The first kappa shape index (κ1) is 25.5. The van der Waals surface area contributed by atoms with Crippen LogP contribution in [0, 0.1) is 11.2 Å². The third kappa shape index (κ3) is 3.97. The highest BCUT2D eigenvalue weighted by atomic mass is 19.1. The summed E-state index contributed by atoms with van der Waals surface area (Å²) >= 11 is 0. The smallest absolute Gasteiger partial charge is 0.255 e. The molecule has 0 aliphatic carbocycles. The number of piperidine rings is 2. The lowest BCUT2D eigenvalue weighted by Gasteiger charge is -2.54. The Hall–Kier alpha value is -3.11. The van der Waals surface area contributed by atoms with E-state index in [2.05, 4.69) is 15.3 Å². The van der Waals surface area contributed by atoms with Crippen molar-refractivity contribution in [2.24, 2.45) is 12.5 Å². The molecule has 2 fully saturated rings. The van der Waals surface area contributed by atoms with Crippen LogP contribution in [0.25, 0.3) is 0 Å². The largest absolute Gasteiger partial charge is 0.384 e. The molecule has 0 saturated carbocycles. The Balaban J connectivity index is 1.45. The van der Waals surface area contributed by atoms with E-state index in [-0.39, 0.29) is 42.0 Å². The van der Waals surface area contributed by atoms with E-state index in [9.17, 15) is 19.5 Å². The fourth-order valence-corrected chi connectivity index (χ4v) is 6.55. The molecule has 2 saturated heterocycles. The number of hydrogen-bond acceptors (Lipinski definition) is 6. The molecule has 198 valence electrons. The molecule has 37 heavy (non-hydrogen) atoms. The molecule has 9 nitrogen and oxygen atoms in total. The molecule has 3 aliphatic heterocycles. The zero-order valence-corrected chi connectivity index (χ0v) is 21.6. The SMILES string of the molecule is CCC1(CC)CN(Cc2ccnn2C)CCC1(O)c1ccc2c(c1F)CN(C1CCC(=O)NC1=O)C2=O. The molecule has 3 aliphatic rings. The zero-order valence-electron chi connectivity index (χ0n) is 21.6. The predicted octanol–water partition coefficient (Wildman–Crippen LogP) is 2.22. The summed E-state index contributed by atoms with van der Waals surface area (Å²) in [4.78, 5) is 40.7. The second-order valence-electron chi connectivity index (χ2n) is 10.6. The van der Waals surface area contributed by atoms with E-state index in [0.29, 0.717) is 38.9 Å². The van der Waals surface area contributed by atoms with Crippen LogP contribution in [0.5, 0.6) is 0 Å². The Labute approximate surface area is 215 Å². The van der Waals surface area contributed by atoms with E-state index in [4.69, 9.17) is 0 Å². The van der Waals surface area contributed by atoms with Crippen molar-refractivity contribution < 1.29 is 23.9 Å². The Morgan fingerprint density at radius 2 is 1.95 bits per heavy atom. The van der Waals surface area contributed by atoms with E-state index in [1.165, 1.54) is 4.90 Å². The first-order valence-corrected chi connectivity index (χ1v) is 13.0. The highest BCUT2D eigenvalue weighted by Crippen LogP contribution is 2.52. The minimum Gasteiger partial charge on any atom is -0.384 e. The van der Waals surface area contributed by atoms with Gasteiger partial charge in [-0.15, -0.1) is 0 Å². The first-order chi connectivity index (χ1) is 17.6. The fraction of sp³-hybridized carbons (Fsp3) is 0.556. The van der Waals surface area contributed by atoms with Gasteiger partial charge in [0.2, 0.25) is 11.8 Å². The third-order valence-corrected chi connectivity index (χ3v) is 8.95. The monoisotopic (exact) mass is 511 g/mol. The van der Waals surface area contributed by atoms with Crippen LogP contribution < -0.4 is 5.32 Å². The lowest BCUT2D eigenvalue weighted by molar-refractivity contribution is -0.150. The summed E-state index contributed by atoms with van der Waals surface area (Å²) in [6.45, 7) is 5.87. The van der Waals surface area contributed by atoms with Crippen molar-refractivity contribution in [2.45, 2.75) is 70.7 Å². The van der Waals surface area contributed by atoms with Crippen LogP contribution >= 0.6 is 0 Å². The maximum Gasteiger partial charge on any atom is 0.255 e. The second-order valence-corrected chi connectivity index (χ2v) is 10.6. The summed E-state index contributed by atoms with van der Waals surface area (Å²) in [5.41, 5.74) is -0.301. The van der Waals surface area contributed by atoms with Gasteiger partial charge in [-0.05, 0) is 37.8 Å². The number of benzene rings is 1. The molecular formula is C27H34FN5O4. The van der Waals surface area contributed by atoms with Crippen LogP contribution in [0.15, 0.2) is 24.4 Å². The van der Waals surface area contributed by atoms with Crippen LogP contribution in [0.3, 0.4) is 0 Å². The molecule has 2 unspecified atom stereocenters. The number of hydrogen-bond donors (Lipinski definition) is 2. The number of likely N-dealkylation sites (tertiary alicyclic amines) is 1.